The molecule has 0 radical (unpaired) electrons. The highest BCUT2D eigenvalue weighted by molar-refractivity contribution is 5.78. The summed E-state index contributed by atoms with van der Waals surface area (Å²) in [5, 5.41) is 3.20. The van der Waals surface area contributed by atoms with Crippen LogP contribution >= 0.6 is 0 Å². The lowest BCUT2D eigenvalue weighted by Gasteiger charge is -2.31. The first-order valence-electron chi connectivity index (χ1n) is 12.0. The van der Waals surface area contributed by atoms with Crippen LogP contribution in [0.5, 0.6) is 0 Å². The fourth-order valence-electron chi connectivity index (χ4n) is 4.97. The van der Waals surface area contributed by atoms with Gasteiger partial charge in [0, 0.05) is 25.6 Å². The first-order valence-corrected chi connectivity index (χ1v) is 12.0. The van der Waals surface area contributed by atoms with E-state index in [2.05, 4.69) is 70.6 Å². The molecule has 2 fully saturated rings. The molecule has 0 bridgehead atoms. The molecule has 166 valence electrons. The van der Waals surface area contributed by atoms with Crippen LogP contribution in [0.2, 0.25) is 0 Å². The summed E-state index contributed by atoms with van der Waals surface area (Å²) < 4.78 is 0. The number of rotatable bonds is 7. The molecule has 4 nitrogen and oxygen atoms in total. The van der Waals surface area contributed by atoms with E-state index < -0.39 is 0 Å². The lowest BCUT2D eigenvalue weighted by Crippen LogP contribution is -2.40. The molecule has 0 spiro atoms. The number of amides is 1. The fraction of sp³-hybridized carbons (Fsp3) is 0.519. The Morgan fingerprint density at radius 1 is 0.839 bits per heavy atom. The quantitative estimate of drug-likeness (QED) is 0.717. The summed E-state index contributed by atoms with van der Waals surface area (Å²) in [5.74, 6) is 0.363. The molecule has 2 aromatic rings. The van der Waals surface area contributed by atoms with Crippen LogP contribution in [0.1, 0.15) is 54.4 Å². The number of likely N-dealkylation sites (tertiary alicyclic amines) is 2. The number of hydrogen-bond acceptors (Lipinski definition) is 3. The summed E-state index contributed by atoms with van der Waals surface area (Å²) in [5.41, 5.74) is 5.25. The van der Waals surface area contributed by atoms with E-state index in [9.17, 15) is 4.79 Å². The summed E-state index contributed by atoms with van der Waals surface area (Å²) >= 11 is 0. The Hall–Kier alpha value is -2.17. The number of carbonyl (C=O) groups is 1. The van der Waals surface area contributed by atoms with Gasteiger partial charge >= 0.3 is 0 Å². The van der Waals surface area contributed by atoms with Crippen molar-refractivity contribution in [2.45, 2.75) is 58.7 Å². The van der Waals surface area contributed by atoms with Gasteiger partial charge in [0.05, 0.1) is 0 Å². The molecule has 2 aliphatic heterocycles. The summed E-state index contributed by atoms with van der Waals surface area (Å²) in [4.78, 5) is 17.8. The molecule has 2 aliphatic rings. The third-order valence-electron chi connectivity index (χ3n) is 6.76. The Kier molecular flexibility index (Phi) is 7.76. The van der Waals surface area contributed by atoms with E-state index in [0.29, 0.717) is 6.54 Å². The van der Waals surface area contributed by atoms with Crippen molar-refractivity contribution in [3.8, 4) is 0 Å². The molecule has 2 aromatic carbocycles. The van der Waals surface area contributed by atoms with Crippen molar-refractivity contribution < 1.29 is 4.79 Å². The summed E-state index contributed by atoms with van der Waals surface area (Å²) in [6.45, 7) is 9.21. The number of nitrogens with one attached hydrogen (secondary N) is 1. The molecule has 31 heavy (non-hydrogen) atoms. The molecule has 0 unspecified atom stereocenters. The molecule has 4 heteroatoms. The van der Waals surface area contributed by atoms with Gasteiger partial charge in [0.15, 0.2) is 0 Å². The Bertz CT molecular complexity index is 851. The van der Waals surface area contributed by atoms with Crippen LogP contribution < -0.4 is 5.32 Å². The molecule has 1 amide bonds. The second kappa shape index (κ2) is 10.9. The van der Waals surface area contributed by atoms with Gasteiger partial charge in [0.25, 0.3) is 0 Å². The van der Waals surface area contributed by atoms with Gasteiger partial charge in [-0.25, -0.2) is 0 Å². The first kappa shape index (κ1) is 22.0. The zero-order valence-electron chi connectivity index (χ0n) is 19.0. The van der Waals surface area contributed by atoms with E-state index in [1.165, 1.54) is 54.6 Å². The minimum absolute atomic E-state index is 0.144. The molecule has 1 N–H and O–H groups in total. The van der Waals surface area contributed by atoms with Crippen molar-refractivity contribution in [2.24, 2.45) is 5.92 Å². The van der Waals surface area contributed by atoms with Crippen LogP contribution in [0.15, 0.2) is 48.5 Å². The summed E-state index contributed by atoms with van der Waals surface area (Å²) in [7, 11) is 0. The second-order valence-electron chi connectivity index (χ2n) is 9.41. The number of carbonyl (C=O) groups excluding carboxylic acids is 1. The van der Waals surface area contributed by atoms with E-state index in [1.54, 1.807) is 0 Å². The Morgan fingerprint density at radius 3 is 2.16 bits per heavy atom. The highest BCUT2D eigenvalue weighted by Crippen LogP contribution is 2.20. The SMILES string of the molecule is Cc1cccc(CN2CCC(C(=O)NCc3cccc(CN4CCCCC4)c3)CC2)c1. The maximum Gasteiger partial charge on any atom is 0.223 e. The van der Waals surface area contributed by atoms with Crippen molar-refractivity contribution in [3.05, 3.63) is 70.8 Å². The molecule has 0 atom stereocenters. The van der Waals surface area contributed by atoms with Crippen LogP contribution in [0.25, 0.3) is 0 Å². The zero-order valence-corrected chi connectivity index (χ0v) is 19.0. The van der Waals surface area contributed by atoms with E-state index in [0.717, 1.165) is 39.0 Å². The summed E-state index contributed by atoms with van der Waals surface area (Å²) in [6.07, 6.45) is 5.91. The van der Waals surface area contributed by atoms with Crippen LogP contribution in [-0.2, 0) is 24.4 Å². The number of benzene rings is 2. The van der Waals surface area contributed by atoms with E-state index >= 15 is 0 Å². The maximum absolute atomic E-state index is 12.7. The topological polar surface area (TPSA) is 35.6 Å². The van der Waals surface area contributed by atoms with Crippen molar-refractivity contribution in [3.63, 3.8) is 0 Å². The highest BCUT2D eigenvalue weighted by Gasteiger charge is 2.24. The lowest BCUT2D eigenvalue weighted by molar-refractivity contribution is -0.126. The van der Waals surface area contributed by atoms with Gasteiger partial charge in [-0.15, -0.1) is 0 Å². The molecule has 0 aliphatic carbocycles. The van der Waals surface area contributed by atoms with Crippen molar-refractivity contribution >= 4 is 5.91 Å². The predicted octanol–water partition coefficient (Wildman–Crippen LogP) is 4.51. The Labute approximate surface area is 187 Å². The van der Waals surface area contributed by atoms with E-state index in [-0.39, 0.29) is 11.8 Å². The lowest BCUT2D eigenvalue weighted by atomic mass is 9.95. The number of nitrogens with zero attached hydrogens (tertiary/aromatic N) is 2. The number of piperidine rings is 2. The molecular weight excluding hydrogens is 382 g/mol. The Morgan fingerprint density at radius 2 is 1.45 bits per heavy atom. The fourth-order valence-corrected chi connectivity index (χ4v) is 4.97. The van der Waals surface area contributed by atoms with Gasteiger partial charge in [-0.05, 0) is 75.5 Å². The first-order chi connectivity index (χ1) is 15.2. The van der Waals surface area contributed by atoms with Crippen molar-refractivity contribution in [1.82, 2.24) is 15.1 Å². The van der Waals surface area contributed by atoms with Crippen LogP contribution in [0.3, 0.4) is 0 Å². The third-order valence-corrected chi connectivity index (χ3v) is 6.76. The third kappa shape index (κ3) is 6.65. The highest BCUT2D eigenvalue weighted by atomic mass is 16.1. The Balaban J connectivity index is 1.21. The number of hydrogen-bond donors (Lipinski definition) is 1. The standard InChI is InChI=1S/C27H37N3O/c1-22-7-5-9-24(17-22)20-30-15-11-26(12-16-30)27(31)28-19-23-8-6-10-25(18-23)21-29-13-3-2-4-14-29/h5-10,17-18,26H,2-4,11-16,19-21H2,1H3,(H,28,31). The smallest absolute Gasteiger partial charge is 0.223 e. The number of aryl methyl sites for hydroxylation is 1. The predicted molar refractivity (Wildman–Crippen MR) is 127 cm³/mol. The zero-order chi connectivity index (χ0) is 21.5. The van der Waals surface area contributed by atoms with Crippen LogP contribution in [0.4, 0.5) is 0 Å². The van der Waals surface area contributed by atoms with Gasteiger partial charge in [0.2, 0.25) is 5.91 Å². The van der Waals surface area contributed by atoms with E-state index in [4.69, 9.17) is 0 Å². The van der Waals surface area contributed by atoms with Gasteiger partial charge < -0.3 is 5.32 Å². The van der Waals surface area contributed by atoms with Gasteiger partial charge in [-0.3, -0.25) is 14.6 Å². The van der Waals surface area contributed by atoms with Crippen LogP contribution in [-0.4, -0.2) is 41.9 Å². The minimum Gasteiger partial charge on any atom is -0.352 e. The molecular formula is C27H37N3O. The second-order valence-corrected chi connectivity index (χ2v) is 9.41. The molecule has 2 heterocycles. The van der Waals surface area contributed by atoms with Gasteiger partial charge in [-0.1, -0.05) is 60.5 Å². The molecule has 4 rings (SSSR count). The minimum atomic E-state index is 0.144. The van der Waals surface area contributed by atoms with Crippen molar-refractivity contribution in [2.75, 3.05) is 26.2 Å². The van der Waals surface area contributed by atoms with Crippen molar-refractivity contribution in [1.29, 1.82) is 0 Å². The van der Waals surface area contributed by atoms with E-state index in [1.807, 2.05) is 0 Å². The van der Waals surface area contributed by atoms with Gasteiger partial charge in [-0.2, -0.15) is 0 Å². The normalized spacial score (nSPS) is 18.7. The van der Waals surface area contributed by atoms with Crippen LogP contribution in [0, 0.1) is 12.8 Å². The largest absolute Gasteiger partial charge is 0.352 e. The summed E-state index contributed by atoms with van der Waals surface area (Å²) in [6, 6.07) is 17.5. The maximum atomic E-state index is 12.7. The molecule has 2 saturated heterocycles. The van der Waals surface area contributed by atoms with Gasteiger partial charge in [0.1, 0.15) is 0 Å². The molecule has 0 aromatic heterocycles. The molecule has 0 saturated carbocycles. The average Bonchev–Trinajstić information content (AvgIpc) is 2.79. The average molecular weight is 420 g/mol. The monoisotopic (exact) mass is 419 g/mol.